The SMILES string of the molecule is CC1CCC(C(=O)N2CCCCC2C(N)=O)CC1N. The van der Waals surface area contributed by atoms with Crippen molar-refractivity contribution in [3.63, 3.8) is 0 Å². The van der Waals surface area contributed by atoms with Gasteiger partial charge in [0.25, 0.3) is 0 Å². The van der Waals surface area contributed by atoms with Gasteiger partial charge in [-0.1, -0.05) is 6.92 Å². The zero-order chi connectivity index (χ0) is 14.0. The third-order valence-electron chi connectivity index (χ3n) is 4.72. The average molecular weight is 267 g/mol. The number of piperidine rings is 1. The molecule has 2 amide bonds. The molecule has 1 saturated heterocycles. The van der Waals surface area contributed by atoms with Gasteiger partial charge in [-0.25, -0.2) is 0 Å². The minimum absolute atomic E-state index is 0.0221. The third kappa shape index (κ3) is 3.08. The van der Waals surface area contributed by atoms with Crippen LogP contribution in [0.2, 0.25) is 0 Å². The van der Waals surface area contributed by atoms with Crippen LogP contribution in [-0.2, 0) is 9.59 Å². The molecule has 5 heteroatoms. The van der Waals surface area contributed by atoms with E-state index >= 15 is 0 Å². The topological polar surface area (TPSA) is 89.4 Å². The maximum atomic E-state index is 12.6. The summed E-state index contributed by atoms with van der Waals surface area (Å²) in [5.74, 6) is 0.177. The van der Waals surface area contributed by atoms with Gasteiger partial charge in [0.2, 0.25) is 11.8 Å². The van der Waals surface area contributed by atoms with Crippen LogP contribution < -0.4 is 11.5 Å². The lowest BCUT2D eigenvalue weighted by Gasteiger charge is -2.39. The Morgan fingerprint density at radius 3 is 2.53 bits per heavy atom. The lowest BCUT2D eigenvalue weighted by atomic mass is 9.78. The van der Waals surface area contributed by atoms with Crippen LogP contribution in [0.25, 0.3) is 0 Å². The number of amides is 2. The molecule has 19 heavy (non-hydrogen) atoms. The Balaban J connectivity index is 2.03. The van der Waals surface area contributed by atoms with Crippen molar-refractivity contribution in [2.75, 3.05) is 6.54 Å². The first-order valence-corrected chi connectivity index (χ1v) is 7.36. The van der Waals surface area contributed by atoms with E-state index < -0.39 is 6.04 Å². The maximum Gasteiger partial charge on any atom is 0.240 e. The molecule has 0 bridgehead atoms. The van der Waals surface area contributed by atoms with Gasteiger partial charge in [0.05, 0.1) is 0 Å². The molecule has 1 heterocycles. The highest BCUT2D eigenvalue weighted by Crippen LogP contribution is 2.30. The lowest BCUT2D eigenvalue weighted by Crippen LogP contribution is -2.53. The van der Waals surface area contributed by atoms with Gasteiger partial charge < -0.3 is 16.4 Å². The van der Waals surface area contributed by atoms with Gasteiger partial charge in [0, 0.05) is 18.5 Å². The highest BCUT2D eigenvalue weighted by Gasteiger charge is 2.37. The van der Waals surface area contributed by atoms with Crippen molar-refractivity contribution in [3.05, 3.63) is 0 Å². The molecule has 2 aliphatic rings. The summed E-state index contributed by atoms with van der Waals surface area (Å²) in [5.41, 5.74) is 11.5. The molecule has 4 unspecified atom stereocenters. The second-order valence-electron chi connectivity index (χ2n) is 6.10. The minimum atomic E-state index is -0.406. The summed E-state index contributed by atoms with van der Waals surface area (Å²) < 4.78 is 0. The summed E-state index contributed by atoms with van der Waals surface area (Å²) in [7, 11) is 0. The number of hydrogen-bond acceptors (Lipinski definition) is 3. The van der Waals surface area contributed by atoms with E-state index in [1.165, 1.54) is 0 Å². The number of nitrogens with zero attached hydrogens (tertiary/aromatic N) is 1. The van der Waals surface area contributed by atoms with E-state index in [-0.39, 0.29) is 23.8 Å². The molecule has 1 saturated carbocycles. The molecule has 4 N–H and O–H groups in total. The standard InChI is InChI=1S/C14H25N3O2/c1-9-5-6-10(8-11(9)15)14(19)17-7-3-2-4-12(17)13(16)18/h9-12H,2-8,15H2,1H3,(H2,16,18). The van der Waals surface area contributed by atoms with Gasteiger partial charge in [-0.05, 0) is 44.4 Å². The number of carbonyl (C=O) groups excluding carboxylic acids is 2. The highest BCUT2D eigenvalue weighted by atomic mass is 16.2. The highest BCUT2D eigenvalue weighted by molar-refractivity contribution is 5.87. The van der Waals surface area contributed by atoms with E-state index in [1.807, 2.05) is 0 Å². The fourth-order valence-corrected chi connectivity index (χ4v) is 3.31. The minimum Gasteiger partial charge on any atom is -0.368 e. The number of likely N-dealkylation sites (tertiary alicyclic amines) is 1. The Labute approximate surface area is 114 Å². The monoisotopic (exact) mass is 267 g/mol. The van der Waals surface area contributed by atoms with Crippen LogP contribution in [0.5, 0.6) is 0 Å². The molecule has 108 valence electrons. The van der Waals surface area contributed by atoms with E-state index in [1.54, 1.807) is 4.90 Å². The summed E-state index contributed by atoms with van der Waals surface area (Å²) in [6.45, 7) is 2.80. The van der Waals surface area contributed by atoms with Crippen molar-refractivity contribution in [2.45, 2.75) is 57.5 Å². The summed E-state index contributed by atoms with van der Waals surface area (Å²) in [4.78, 5) is 25.8. The van der Waals surface area contributed by atoms with Gasteiger partial charge in [0.15, 0.2) is 0 Å². The predicted molar refractivity (Wildman–Crippen MR) is 73.0 cm³/mol. The number of hydrogen-bond donors (Lipinski definition) is 2. The molecule has 5 nitrogen and oxygen atoms in total. The van der Waals surface area contributed by atoms with Crippen LogP contribution >= 0.6 is 0 Å². The first kappa shape index (κ1) is 14.3. The van der Waals surface area contributed by atoms with Crippen molar-refractivity contribution in [1.29, 1.82) is 0 Å². The Kier molecular flexibility index (Phi) is 4.45. The zero-order valence-corrected chi connectivity index (χ0v) is 11.7. The van der Waals surface area contributed by atoms with E-state index in [0.717, 1.165) is 32.1 Å². The second-order valence-corrected chi connectivity index (χ2v) is 6.10. The molecule has 0 spiro atoms. The summed E-state index contributed by atoms with van der Waals surface area (Å²) in [5, 5.41) is 0. The number of primary amides is 1. The van der Waals surface area contributed by atoms with Gasteiger partial charge in [-0.2, -0.15) is 0 Å². The number of carbonyl (C=O) groups is 2. The van der Waals surface area contributed by atoms with E-state index in [2.05, 4.69) is 6.92 Å². The molecular formula is C14H25N3O2. The summed E-state index contributed by atoms with van der Waals surface area (Å²) >= 11 is 0. The van der Waals surface area contributed by atoms with Crippen LogP contribution in [0.1, 0.15) is 45.4 Å². The van der Waals surface area contributed by atoms with Crippen molar-refractivity contribution < 1.29 is 9.59 Å². The zero-order valence-electron chi connectivity index (χ0n) is 11.7. The number of nitrogens with two attached hydrogens (primary N) is 2. The molecule has 0 aromatic rings. The Morgan fingerprint density at radius 1 is 1.16 bits per heavy atom. The molecule has 0 aromatic carbocycles. The fraction of sp³-hybridized carbons (Fsp3) is 0.857. The summed E-state index contributed by atoms with van der Waals surface area (Å²) in [6.07, 6.45) is 5.25. The maximum absolute atomic E-state index is 12.6. The molecular weight excluding hydrogens is 242 g/mol. The van der Waals surface area contributed by atoms with E-state index in [9.17, 15) is 9.59 Å². The Bertz CT molecular complexity index is 359. The van der Waals surface area contributed by atoms with Crippen molar-refractivity contribution in [1.82, 2.24) is 4.90 Å². The van der Waals surface area contributed by atoms with Crippen LogP contribution in [-0.4, -0.2) is 35.3 Å². The number of rotatable bonds is 2. The molecule has 1 aliphatic heterocycles. The molecule has 2 fully saturated rings. The molecule has 0 aromatic heterocycles. The van der Waals surface area contributed by atoms with Crippen LogP contribution in [0.15, 0.2) is 0 Å². The largest absolute Gasteiger partial charge is 0.368 e. The molecule has 0 radical (unpaired) electrons. The van der Waals surface area contributed by atoms with Gasteiger partial charge in [-0.3, -0.25) is 9.59 Å². The van der Waals surface area contributed by atoms with Crippen molar-refractivity contribution in [3.8, 4) is 0 Å². The van der Waals surface area contributed by atoms with E-state index in [4.69, 9.17) is 11.5 Å². The van der Waals surface area contributed by atoms with Crippen LogP contribution in [0.4, 0.5) is 0 Å². The predicted octanol–water partition coefficient (Wildman–Crippen LogP) is 0.616. The summed E-state index contributed by atoms with van der Waals surface area (Å²) in [6, 6.07) is -0.309. The fourth-order valence-electron chi connectivity index (χ4n) is 3.31. The van der Waals surface area contributed by atoms with Crippen LogP contribution in [0.3, 0.4) is 0 Å². The normalized spacial score (nSPS) is 36.0. The lowest BCUT2D eigenvalue weighted by molar-refractivity contribution is -0.145. The molecule has 2 rings (SSSR count). The second kappa shape index (κ2) is 5.90. The van der Waals surface area contributed by atoms with Crippen LogP contribution in [0, 0.1) is 11.8 Å². The van der Waals surface area contributed by atoms with E-state index in [0.29, 0.717) is 18.9 Å². The smallest absolute Gasteiger partial charge is 0.240 e. The quantitative estimate of drug-likeness (QED) is 0.768. The van der Waals surface area contributed by atoms with Gasteiger partial charge in [-0.15, -0.1) is 0 Å². The van der Waals surface area contributed by atoms with Gasteiger partial charge >= 0.3 is 0 Å². The van der Waals surface area contributed by atoms with Crippen molar-refractivity contribution >= 4 is 11.8 Å². The average Bonchev–Trinajstić information content (AvgIpc) is 2.41. The third-order valence-corrected chi connectivity index (χ3v) is 4.72. The van der Waals surface area contributed by atoms with Crippen molar-refractivity contribution in [2.24, 2.45) is 23.3 Å². The van der Waals surface area contributed by atoms with Gasteiger partial charge in [0.1, 0.15) is 6.04 Å². The molecule has 1 aliphatic carbocycles. The first-order valence-electron chi connectivity index (χ1n) is 7.36. The Morgan fingerprint density at radius 2 is 1.89 bits per heavy atom. The Hall–Kier alpha value is -1.10. The first-order chi connectivity index (χ1) is 9.00. The molecule has 4 atom stereocenters.